The van der Waals surface area contributed by atoms with Gasteiger partial charge in [-0.25, -0.2) is 14.2 Å². The first-order valence-electron chi connectivity index (χ1n) is 8.56. The van der Waals surface area contributed by atoms with E-state index in [-0.39, 0.29) is 17.0 Å². The van der Waals surface area contributed by atoms with Crippen LogP contribution in [-0.4, -0.2) is 58.4 Å². The maximum atomic E-state index is 14.7. The van der Waals surface area contributed by atoms with Gasteiger partial charge in [0.25, 0.3) is 0 Å². The third-order valence-corrected chi connectivity index (χ3v) is 4.61. The zero-order valence-electron chi connectivity index (χ0n) is 14.7. The predicted octanol–water partition coefficient (Wildman–Crippen LogP) is 1.75. The summed E-state index contributed by atoms with van der Waals surface area (Å²) in [4.78, 5) is 31.7. The molecule has 1 saturated heterocycles. The largest absolute Gasteiger partial charge is 0.511 e. The maximum absolute atomic E-state index is 14.7. The van der Waals surface area contributed by atoms with Gasteiger partial charge >= 0.3 is 6.16 Å². The summed E-state index contributed by atoms with van der Waals surface area (Å²) in [7, 11) is 0. The van der Waals surface area contributed by atoms with E-state index in [1.165, 1.54) is 6.20 Å². The van der Waals surface area contributed by atoms with Crippen molar-refractivity contribution >= 4 is 23.0 Å². The van der Waals surface area contributed by atoms with E-state index in [1.54, 1.807) is 4.57 Å². The van der Waals surface area contributed by atoms with Gasteiger partial charge in [0.1, 0.15) is 5.65 Å². The first kappa shape index (κ1) is 18.1. The minimum atomic E-state index is -1.59. The fraction of sp³-hybridized carbons (Fsp3) is 0.471. The summed E-state index contributed by atoms with van der Waals surface area (Å²) in [5.74, 6) is -0.756. The van der Waals surface area contributed by atoms with Crippen LogP contribution in [0, 0.1) is 5.82 Å². The zero-order chi connectivity index (χ0) is 18.8. The average Bonchev–Trinajstić information content (AvgIpc) is 2.63. The van der Waals surface area contributed by atoms with E-state index in [0.717, 1.165) is 25.7 Å². The van der Waals surface area contributed by atoms with Gasteiger partial charge in [-0.1, -0.05) is 6.92 Å². The van der Waals surface area contributed by atoms with Crippen molar-refractivity contribution in [2.75, 3.05) is 37.6 Å². The van der Waals surface area contributed by atoms with Crippen molar-refractivity contribution in [3.8, 4) is 5.75 Å². The highest BCUT2D eigenvalue weighted by molar-refractivity contribution is 5.79. The molecule has 3 heterocycles. The molecule has 0 aliphatic carbocycles. The van der Waals surface area contributed by atoms with Crippen molar-refractivity contribution in [2.24, 2.45) is 0 Å². The second-order valence-corrected chi connectivity index (χ2v) is 6.06. The highest BCUT2D eigenvalue weighted by Gasteiger charge is 2.22. The number of fused-ring (bicyclic) bond motifs is 1. The lowest BCUT2D eigenvalue weighted by Gasteiger charge is -2.35. The fourth-order valence-corrected chi connectivity index (χ4v) is 3.16. The molecular formula is C17H21FN4O4. The van der Waals surface area contributed by atoms with Crippen LogP contribution < -0.4 is 15.1 Å². The third kappa shape index (κ3) is 3.34. The van der Waals surface area contributed by atoms with Crippen molar-refractivity contribution in [3.63, 3.8) is 0 Å². The number of ether oxygens (including phenoxy) is 1. The van der Waals surface area contributed by atoms with Gasteiger partial charge in [-0.15, -0.1) is 0 Å². The molecule has 0 unspecified atom stereocenters. The van der Waals surface area contributed by atoms with E-state index in [4.69, 9.17) is 5.11 Å². The molecule has 2 aromatic rings. The van der Waals surface area contributed by atoms with E-state index in [9.17, 15) is 14.0 Å². The summed E-state index contributed by atoms with van der Waals surface area (Å²) in [6.45, 7) is 8.22. The molecule has 0 saturated carbocycles. The Kier molecular flexibility index (Phi) is 5.08. The van der Waals surface area contributed by atoms with E-state index >= 15 is 0 Å². The SMILES string of the molecule is CCN1CCN(c2nc3c(cc2F)c(=O)c(OC(=O)O)cn3CC)CC1. The van der Waals surface area contributed by atoms with Crippen molar-refractivity contribution in [1.29, 1.82) is 0 Å². The number of aromatic nitrogens is 2. The van der Waals surface area contributed by atoms with Crippen molar-refractivity contribution in [2.45, 2.75) is 20.4 Å². The van der Waals surface area contributed by atoms with Gasteiger partial charge in [0.2, 0.25) is 5.43 Å². The lowest BCUT2D eigenvalue weighted by Crippen LogP contribution is -2.46. The molecule has 1 aliphatic heterocycles. The first-order chi connectivity index (χ1) is 12.4. The summed E-state index contributed by atoms with van der Waals surface area (Å²) in [5.41, 5.74) is -0.384. The number of halogens is 1. The zero-order valence-corrected chi connectivity index (χ0v) is 14.7. The molecular weight excluding hydrogens is 343 g/mol. The number of carbonyl (C=O) groups is 1. The van der Waals surface area contributed by atoms with E-state index in [1.807, 2.05) is 11.8 Å². The second-order valence-electron chi connectivity index (χ2n) is 6.06. The number of piperazine rings is 1. The Morgan fingerprint density at radius 1 is 1.27 bits per heavy atom. The lowest BCUT2D eigenvalue weighted by molar-refractivity contribution is 0.144. The van der Waals surface area contributed by atoms with Crippen LogP contribution in [0.25, 0.3) is 11.0 Å². The number of anilines is 1. The van der Waals surface area contributed by atoms with Crippen molar-refractivity contribution < 1.29 is 19.0 Å². The maximum Gasteiger partial charge on any atom is 0.511 e. The van der Waals surface area contributed by atoms with Crippen LogP contribution in [0.1, 0.15) is 13.8 Å². The van der Waals surface area contributed by atoms with Crippen LogP contribution in [0.3, 0.4) is 0 Å². The summed E-state index contributed by atoms with van der Waals surface area (Å²) in [6.07, 6.45) is -0.300. The molecule has 3 rings (SSSR count). The third-order valence-electron chi connectivity index (χ3n) is 4.61. The summed E-state index contributed by atoms with van der Waals surface area (Å²) >= 11 is 0. The Morgan fingerprint density at radius 3 is 2.54 bits per heavy atom. The summed E-state index contributed by atoms with van der Waals surface area (Å²) in [5, 5.41) is 8.77. The molecule has 0 radical (unpaired) electrons. The predicted molar refractivity (Wildman–Crippen MR) is 94.6 cm³/mol. The highest BCUT2D eigenvalue weighted by atomic mass is 19.1. The standard InChI is InChI=1S/C17H21FN4O4/c1-3-20-5-7-22(8-6-20)16-12(18)9-11-14(23)13(26-17(24)25)10-21(4-2)15(11)19-16/h9-10H,3-8H2,1-2H3,(H,24,25). The lowest BCUT2D eigenvalue weighted by atomic mass is 10.2. The molecule has 1 aliphatic rings. The van der Waals surface area contributed by atoms with Gasteiger partial charge in [-0.3, -0.25) is 4.79 Å². The van der Waals surface area contributed by atoms with E-state index in [2.05, 4.69) is 21.5 Å². The molecule has 26 heavy (non-hydrogen) atoms. The molecule has 0 amide bonds. The molecule has 0 spiro atoms. The Balaban J connectivity index is 2.07. The highest BCUT2D eigenvalue weighted by Crippen LogP contribution is 2.23. The Labute approximate surface area is 149 Å². The molecule has 9 heteroatoms. The number of carboxylic acid groups (broad SMARTS) is 1. The van der Waals surface area contributed by atoms with Crippen LogP contribution >= 0.6 is 0 Å². The minimum absolute atomic E-state index is 0.000885. The van der Waals surface area contributed by atoms with Crippen LogP contribution in [0.2, 0.25) is 0 Å². The quantitative estimate of drug-likeness (QED) is 0.827. The normalized spacial score (nSPS) is 15.4. The Hall–Kier alpha value is -2.68. The van der Waals surface area contributed by atoms with Crippen molar-refractivity contribution in [1.82, 2.24) is 14.5 Å². The van der Waals surface area contributed by atoms with Gasteiger partial charge < -0.3 is 24.2 Å². The number of aryl methyl sites for hydroxylation is 1. The number of pyridine rings is 2. The topological polar surface area (TPSA) is 87.9 Å². The Bertz CT molecular complexity index is 890. The number of nitrogens with zero attached hydrogens (tertiary/aromatic N) is 4. The molecule has 0 bridgehead atoms. The number of hydrogen-bond acceptors (Lipinski definition) is 6. The number of rotatable bonds is 4. The van der Waals surface area contributed by atoms with Gasteiger partial charge in [0.05, 0.1) is 11.6 Å². The van der Waals surface area contributed by atoms with Gasteiger partial charge in [-0.05, 0) is 19.5 Å². The molecule has 0 atom stereocenters. The van der Waals surface area contributed by atoms with Crippen LogP contribution in [0.4, 0.5) is 15.0 Å². The minimum Gasteiger partial charge on any atom is -0.449 e. The van der Waals surface area contributed by atoms with Gasteiger partial charge in [-0.2, -0.15) is 0 Å². The van der Waals surface area contributed by atoms with Crippen molar-refractivity contribution in [3.05, 3.63) is 28.3 Å². The summed E-state index contributed by atoms with van der Waals surface area (Å²) < 4.78 is 20.8. The molecule has 8 nitrogen and oxygen atoms in total. The summed E-state index contributed by atoms with van der Waals surface area (Å²) in [6, 6.07) is 1.12. The molecule has 1 fully saturated rings. The molecule has 1 N–H and O–H groups in total. The monoisotopic (exact) mass is 364 g/mol. The molecule has 0 aromatic carbocycles. The second kappa shape index (κ2) is 7.28. The number of hydrogen-bond donors (Lipinski definition) is 1. The number of likely N-dealkylation sites (N-methyl/N-ethyl adjacent to an activating group) is 1. The average molecular weight is 364 g/mol. The fourth-order valence-electron chi connectivity index (χ4n) is 3.16. The van der Waals surface area contributed by atoms with Crippen LogP contribution in [-0.2, 0) is 6.54 Å². The molecule has 2 aromatic heterocycles. The van der Waals surface area contributed by atoms with Gasteiger partial charge in [0.15, 0.2) is 17.4 Å². The van der Waals surface area contributed by atoms with Crippen LogP contribution in [0.5, 0.6) is 5.75 Å². The molecule has 140 valence electrons. The Morgan fingerprint density at radius 2 is 1.96 bits per heavy atom. The van der Waals surface area contributed by atoms with Crippen LogP contribution in [0.15, 0.2) is 17.1 Å². The van der Waals surface area contributed by atoms with Gasteiger partial charge in [0, 0.05) is 32.7 Å². The van der Waals surface area contributed by atoms with E-state index in [0.29, 0.717) is 25.3 Å². The van der Waals surface area contributed by atoms with E-state index < -0.39 is 17.4 Å². The smallest absolute Gasteiger partial charge is 0.449 e. The first-order valence-corrected chi connectivity index (χ1v) is 8.56.